The van der Waals surface area contributed by atoms with E-state index in [9.17, 15) is 4.39 Å². The molecule has 92 valence electrons. The van der Waals surface area contributed by atoms with Crippen LogP contribution in [0.15, 0.2) is 12.1 Å². The first kappa shape index (κ1) is 11.5. The number of benzene rings is 1. The average molecular weight is 256 g/mol. The lowest BCUT2D eigenvalue weighted by atomic mass is 9.70. The van der Waals surface area contributed by atoms with Gasteiger partial charge in [0.25, 0.3) is 0 Å². The molecule has 0 aromatic heterocycles. The highest BCUT2D eigenvalue weighted by atomic mass is 35.5. The molecule has 1 aromatic rings. The topological polar surface area (TPSA) is 35.2 Å². The molecule has 17 heavy (non-hydrogen) atoms. The van der Waals surface area contributed by atoms with Crippen LogP contribution in [0.25, 0.3) is 0 Å². The summed E-state index contributed by atoms with van der Waals surface area (Å²) in [5, 5.41) is 0.601. The number of aryl methyl sites for hydroxylation is 1. The van der Waals surface area contributed by atoms with Crippen molar-refractivity contribution in [3.63, 3.8) is 0 Å². The SMILES string of the molecule is Cc1cc(Cl)c(C2(C3(N)CC3)COC2)cc1F. The molecular weight excluding hydrogens is 241 g/mol. The predicted molar refractivity (Wildman–Crippen MR) is 64.8 cm³/mol. The van der Waals surface area contributed by atoms with Gasteiger partial charge in [0.1, 0.15) is 5.82 Å². The lowest BCUT2D eigenvalue weighted by molar-refractivity contribution is -0.0786. The van der Waals surface area contributed by atoms with Crippen LogP contribution in [0.5, 0.6) is 0 Å². The molecule has 0 radical (unpaired) electrons. The van der Waals surface area contributed by atoms with Crippen LogP contribution in [-0.2, 0) is 10.2 Å². The largest absolute Gasteiger partial charge is 0.379 e. The van der Waals surface area contributed by atoms with Crippen LogP contribution in [-0.4, -0.2) is 18.8 Å². The molecule has 1 saturated carbocycles. The van der Waals surface area contributed by atoms with Crippen molar-refractivity contribution in [1.82, 2.24) is 0 Å². The summed E-state index contributed by atoms with van der Waals surface area (Å²) in [7, 11) is 0. The Bertz CT molecular complexity index is 481. The maximum absolute atomic E-state index is 13.7. The highest BCUT2D eigenvalue weighted by molar-refractivity contribution is 6.31. The van der Waals surface area contributed by atoms with Gasteiger partial charge in [-0.25, -0.2) is 4.39 Å². The molecule has 2 N–H and O–H groups in total. The Balaban J connectivity index is 2.11. The van der Waals surface area contributed by atoms with Gasteiger partial charge in [-0.15, -0.1) is 0 Å². The average Bonchev–Trinajstić information content (AvgIpc) is 2.91. The summed E-state index contributed by atoms with van der Waals surface area (Å²) in [6.07, 6.45) is 1.92. The van der Waals surface area contributed by atoms with E-state index in [0.717, 1.165) is 18.4 Å². The maximum atomic E-state index is 13.7. The molecular formula is C13H15ClFNO. The van der Waals surface area contributed by atoms with Gasteiger partial charge < -0.3 is 10.5 Å². The second-order valence-electron chi connectivity index (χ2n) is 5.31. The van der Waals surface area contributed by atoms with E-state index in [0.29, 0.717) is 23.8 Å². The summed E-state index contributed by atoms with van der Waals surface area (Å²) < 4.78 is 19.0. The molecule has 1 heterocycles. The Morgan fingerprint density at radius 1 is 1.35 bits per heavy atom. The van der Waals surface area contributed by atoms with Crippen molar-refractivity contribution in [1.29, 1.82) is 0 Å². The van der Waals surface area contributed by atoms with Gasteiger partial charge in [-0.3, -0.25) is 0 Å². The number of rotatable bonds is 2. The Hall–Kier alpha value is -0.640. The van der Waals surface area contributed by atoms with Crippen LogP contribution in [0, 0.1) is 12.7 Å². The molecule has 2 aliphatic rings. The fraction of sp³-hybridized carbons (Fsp3) is 0.538. The molecule has 0 bridgehead atoms. The van der Waals surface area contributed by atoms with Gasteiger partial charge >= 0.3 is 0 Å². The second kappa shape index (κ2) is 3.44. The first-order valence-corrected chi connectivity index (χ1v) is 6.19. The summed E-state index contributed by atoms with van der Waals surface area (Å²) >= 11 is 6.25. The van der Waals surface area contributed by atoms with Crippen molar-refractivity contribution >= 4 is 11.6 Å². The Labute approximate surface area is 105 Å². The fourth-order valence-corrected chi connectivity index (χ4v) is 3.04. The van der Waals surface area contributed by atoms with E-state index in [4.69, 9.17) is 22.1 Å². The molecule has 4 heteroatoms. The van der Waals surface area contributed by atoms with Gasteiger partial charge in [0.05, 0.1) is 18.6 Å². The number of hydrogen-bond donors (Lipinski definition) is 1. The summed E-state index contributed by atoms with van der Waals surface area (Å²) in [6, 6.07) is 3.21. The number of hydrogen-bond acceptors (Lipinski definition) is 2. The Morgan fingerprint density at radius 2 is 2.00 bits per heavy atom. The molecule has 0 atom stereocenters. The quantitative estimate of drug-likeness (QED) is 0.882. The van der Waals surface area contributed by atoms with Crippen LogP contribution >= 0.6 is 11.6 Å². The molecule has 2 fully saturated rings. The van der Waals surface area contributed by atoms with E-state index >= 15 is 0 Å². The van der Waals surface area contributed by atoms with E-state index in [1.165, 1.54) is 6.07 Å². The number of ether oxygens (including phenoxy) is 1. The van der Waals surface area contributed by atoms with Gasteiger partial charge in [0, 0.05) is 10.6 Å². The monoisotopic (exact) mass is 255 g/mol. The van der Waals surface area contributed by atoms with E-state index in [1.54, 1.807) is 13.0 Å². The molecule has 2 nitrogen and oxygen atoms in total. The van der Waals surface area contributed by atoms with Crippen molar-refractivity contribution in [2.75, 3.05) is 13.2 Å². The van der Waals surface area contributed by atoms with Gasteiger partial charge in [0.2, 0.25) is 0 Å². The Kier molecular flexibility index (Phi) is 2.31. The van der Waals surface area contributed by atoms with Gasteiger partial charge in [0.15, 0.2) is 0 Å². The van der Waals surface area contributed by atoms with Crippen molar-refractivity contribution < 1.29 is 9.13 Å². The summed E-state index contributed by atoms with van der Waals surface area (Å²) in [5.41, 5.74) is 7.16. The summed E-state index contributed by atoms with van der Waals surface area (Å²) in [6.45, 7) is 2.81. The third kappa shape index (κ3) is 1.46. The van der Waals surface area contributed by atoms with Crippen molar-refractivity contribution in [3.8, 4) is 0 Å². The van der Waals surface area contributed by atoms with Crippen LogP contribution in [0.4, 0.5) is 4.39 Å². The Morgan fingerprint density at radius 3 is 2.47 bits per heavy atom. The van der Waals surface area contributed by atoms with Crippen molar-refractivity contribution in [2.24, 2.45) is 5.73 Å². The van der Waals surface area contributed by atoms with Gasteiger partial charge in [-0.05, 0) is 43.0 Å². The molecule has 3 rings (SSSR count). The number of nitrogens with two attached hydrogens (primary N) is 1. The van der Waals surface area contributed by atoms with Crippen LogP contribution < -0.4 is 5.73 Å². The maximum Gasteiger partial charge on any atom is 0.126 e. The first-order chi connectivity index (χ1) is 7.98. The molecule has 1 aromatic carbocycles. The third-order valence-electron chi connectivity index (χ3n) is 4.20. The van der Waals surface area contributed by atoms with E-state index in [2.05, 4.69) is 0 Å². The molecule has 1 aliphatic carbocycles. The minimum absolute atomic E-state index is 0.222. The zero-order valence-corrected chi connectivity index (χ0v) is 10.5. The smallest absolute Gasteiger partial charge is 0.126 e. The zero-order valence-electron chi connectivity index (χ0n) is 9.72. The molecule has 0 spiro atoms. The third-order valence-corrected chi connectivity index (χ3v) is 4.52. The predicted octanol–water partition coefficient (Wildman–Crippen LogP) is 2.55. The fourth-order valence-electron chi connectivity index (χ4n) is 2.64. The van der Waals surface area contributed by atoms with Gasteiger partial charge in [-0.1, -0.05) is 11.6 Å². The second-order valence-corrected chi connectivity index (χ2v) is 5.72. The molecule has 1 saturated heterocycles. The van der Waals surface area contributed by atoms with Gasteiger partial charge in [-0.2, -0.15) is 0 Å². The van der Waals surface area contributed by atoms with Crippen LogP contribution in [0.1, 0.15) is 24.0 Å². The summed E-state index contributed by atoms with van der Waals surface area (Å²) in [5.74, 6) is -0.222. The highest BCUT2D eigenvalue weighted by Crippen LogP contribution is 2.54. The summed E-state index contributed by atoms with van der Waals surface area (Å²) in [4.78, 5) is 0. The lowest BCUT2D eigenvalue weighted by Gasteiger charge is -2.47. The molecule has 0 amide bonds. The van der Waals surface area contributed by atoms with E-state index < -0.39 is 0 Å². The van der Waals surface area contributed by atoms with Crippen molar-refractivity contribution in [2.45, 2.75) is 30.7 Å². The molecule has 1 aliphatic heterocycles. The minimum atomic E-state index is -0.279. The minimum Gasteiger partial charge on any atom is -0.379 e. The zero-order chi connectivity index (χ0) is 12.3. The van der Waals surface area contributed by atoms with Crippen molar-refractivity contribution in [3.05, 3.63) is 34.1 Å². The van der Waals surface area contributed by atoms with E-state index in [-0.39, 0.29) is 16.8 Å². The molecule has 0 unspecified atom stereocenters. The highest BCUT2D eigenvalue weighted by Gasteiger charge is 2.62. The van der Waals surface area contributed by atoms with Crippen LogP contribution in [0.2, 0.25) is 5.02 Å². The van der Waals surface area contributed by atoms with E-state index in [1.807, 2.05) is 0 Å². The first-order valence-electron chi connectivity index (χ1n) is 5.81. The van der Waals surface area contributed by atoms with Crippen LogP contribution in [0.3, 0.4) is 0 Å². The lowest BCUT2D eigenvalue weighted by Crippen LogP contribution is -2.60. The normalized spacial score (nSPS) is 24.2. The standard InChI is InChI=1S/C13H15ClFNO/c1-8-4-10(14)9(5-11(8)15)12(6-17-7-12)13(16)2-3-13/h4-5H,2-3,6-7,16H2,1H3. The number of halogens is 2.